The zero-order valence-electron chi connectivity index (χ0n) is 7.51. The Morgan fingerprint density at radius 3 is 2.47 bits per heavy atom. The number of hydrogen-bond donors (Lipinski definition) is 5. The molecule has 1 rings (SSSR count). The molecule has 6 nitrogen and oxygen atoms in total. The van der Waals surface area contributed by atoms with E-state index in [-0.39, 0.29) is 22.2 Å². The Bertz CT molecular complexity index is 420. The normalized spacial score (nSPS) is 10.4. The van der Waals surface area contributed by atoms with Crippen molar-refractivity contribution in [2.24, 2.45) is 10.8 Å². The van der Waals surface area contributed by atoms with Gasteiger partial charge in [-0.25, -0.2) is 0 Å². The Morgan fingerprint density at radius 2 is 1.87 bits per heavy atom. The van der Waals surface area contributed by atoms with Gasteiger partial charge in [0.2, 0.25) is 0 Å². The van der Waals surface area contributed by atoms with E-state index in [1.807, 2.05) is 0 Å². The van der Waals surface area contributed by atoms with Gasteiger partial charge in [-0.05, 0) is 18.3 Å². The highest BCUT2D eigenvalue weighted by Gasteiger charge is 2.05. The molecule has 0 spiro atoms. The summed E-state index contributed by atoms with van der Waals surface area (Å²) in [5, 5.41) is 31.1. The minimum Gasteiger partial charge on any atom is -0.507 e. The maximum Gasteiger partial charge on any atom is 0.184 e. The molecule has 1 aromatic rings. The van der Waals surface area contributed by atoms with Crippen LogP contribution in [0.4, 0.5) is 0 Å². The smallest absolute Gasteiger partial charge is 0.184 e. The van der Waals surface area contributed by atoms with Gasteiger partial charge in [-0.3, -0.25) is 5.43 Å². The summed E-state index contributed by atoms with van der Waals surface area (Å²) in [6.07, 6.45) is 1.20. The maximum absolute atomic E-state index is 9.33. The molecule has 0 aromatic heterocycles. The third kappa shape index (κ3) is 2.99. The first-order valence-electron chi connectivity index (χ1n) is 3.84. The van der Waals surface area contributed by atoms with E-state index in [0.717, 1.165) is 12.1 Å². The van der Waals surface area contributed by atoms with Gasteiger partial charge >= 0.3 is 0 Å². The minimum atomic E-state index is -0.410. The molecule has 0 atom stereocenters. The monoisotopic (exact) mass is 227 g/mol. The number of nitrogens with zero attached hydrogens (tertiary/aromatic N) is 1. The molecule has 0 unspecified atom stereocenters. The van der Waals surface area contributed by atoms with Crippen molar-refractivity contribution in [2.45, 2.75) is 0 Å². The molecule has 0 radical (unpaired) electrons. The highest BCUT2D eigenvalue weighted by Crippen LogP contribution is 2.30. The zero-order chi connectivity index (χ0) is 11.4. The van der Waals surface area contributed by atoms with Gasteiger partial charge in [-0.15, -0.1) is 0 Å². The number of thiocarbonyl (C=S) groups is 1. The third-order valence-corrected chi connectivity index (χ3v) is 1.59. The van der Waals surface area contributed by atoms with Crippen LogP contribution >= 0.6 is 12.2 Å². The molecule has 0 aliphatic carbocycles. The Kier molecular flexibility index (Phi) is 3.29. The molecule has 15 heavy (non-hydrogen) atoms. The lowest BCUT2D eigenvalue weighted by molar-refractivity contribution is 0.396. The summed E-state index contributed by atoms with van der Waals surface area (Å²) in [6, 6.07) is 2.15. The van der Waals surface area contributed by atoms with Gasteiger partial charge in [0.15, 0.2) is 16.6 Å². The van der Waals surface area contributed by atoms with E-state index < -0.39 is 5.75 Å². The lowest BCUT2D eigenvalue weighted by Gasteiger charge is -2.02. The van der Waals surface area contributed by atoms with E-state index in [2.05, 4.69) is 22.7 Å². The summed E-state index contributed by atoms with van der Waals surface area (Å²) < 4.78 is 0. The maximum atomic E-state index is 9.33. The standard InChI is InChI=1S/C8H9N3O3S/c9-8(15)11-10-3-4-1-6(13)7(14)2-5(4)12/h1-3,12-14H,(H3,9,11,15). The molecule has 0 saturated heterocycles. The topological polar surface area (TPSA) is 111 Å². The molecule has 80 valence electrons. The number of phenols is 3. The van der Waals surface area contributed by atoms with Crippen LogP contribution in [0.25, 0.3) is 0 Å². The molecule has 6 N–H and O–H groups in total. The second kappa shape index (κ2) is 4.47. The summed E-state index contributed by atoms with van der Waals surface area (Å²) >= 11 is 4.49. The highest BCUT2D eigenvalue weighted by atomic mass is 32.1. The second-order valence-electron chi connectivity index (χ2n) is 2.63. The Labute approximate surface area is 90.7 Å². The van der Waals surface area contributed by atoms with Gasteiger partial charge in [0.05, 0.1) is 6.21 Å². The number of hydrogen-bond acceptors (Lipinski definition) is 5. The lowest BCUT2D eigenvalue weighted by Crippen LogP contribution is -2.23. The van der Waals surface area contributed by atoms with E-state index in [1.54, 1.807) is 0 Å². The number of nitrogens with one attached hydrogen (secondary N) is 1. The average molecular weight is 227 g/mol. The van der Waals surface area contributed by atoms with Crippen LogP contribution in [-0.2, 0) is 0 Å². The highest BCUT2D eigenvalue weighted by molar-refractivity contribution is 7.80. The molecular formula is C8H9N3O3S. The summed E-state index contributed by atoms with van der Waals surface area (Å²) in [6.45, 7) is 0. The van der Waals surface area contributed by atoms with Gasteiger partial charge in [-0.2, -0.15) is 5.10 Å². The zero-order valence-corrected chi connectivity index (χ0v) is 8.32. The first-order valence-corrected chi connectivity index (χ1v) is 4.25. The van der Waals surface area contributed by atoms with Crippen molar-refractivity contribution in [2.75, 3.05) is 0 Å². The van der Waals surface area contributed by atoms with E-state index in [1.165, 1.54) is 6.21 Å². The molecule has 0 heterocycles. The van der Waals surface area contributed by atoms with Crippen molar-refractivity contribution in [3.05, 3.63) is 17.7 Å². The third-order valence-electron chi connectivity index (χ3n) is 1.50. The molecule has 0 saturated carbocycles. The molecule has 0 amide bonds. The van der Waals surface area contributed by atoms with Gasteiger partial charge < -0.3 is 21.1 Å². The first-order chi connectivity index (χ1) is 7.00. The van der Waals surface area contributed by atoms with Crippen LogP contribution < -0.4 is 11.2 Å². The fraction of sp³-hybridized carbons (Fsp3) is 0. The van der Waals surface area contributed by atoms with Crippen molar-refractivity contribution < 1.29 is 15.3 Å². The van der Waals surface area contributed by atoms with Crippen molar-refractivity contribution >= 4 is 23.5 Å². The van der Waals surface area contributed by atoms with E-state index in [4.69, 9.17) is 15.9 Å². The Hall–Kier alpha value is -2.02. The molecule has 0 aliphatic rings. The van der Waals surface area contributed by atoms with Gasteiger partial charge in [-0.1, -0.05) is 0 Å². The van der Waals surface area contributed by atoms with Gasteiger partial charge in [0.1, 0.15) is 5.75 Å². The van der Waals surface area contributed by atoms with Crippen LogP contribution in [0.2, 0.25) is 0 Å². The Balaban J connectivity index is 2.90. The van der Waals surface area contributed by atoms with Crippen LogP contribution in [0.15, 0.2) is 17.2 Å². The molecular weight excluding hydrogens is 218 g/mol. The number of rotatable bonds is 2. The SMILES string of the molecule is NC(=S)NN=Cc1cc(O)c(O)cc1O. The number of aromatic hydroxyl groups is 3. The summed E-state index contributed by atoms with van der Waals surface area (Å²) in [5.74, 6) is -0.990. The summed E-state index contributed by atoms with van der Waals surface area (Å²) in [7, 11) is 0. The van der Waals surface area contributed by atoms with Crippen LogP contribution in [-0.4, -0.2) is 26.6 Å². The van der Waals surface area contributed by atoms with Crippen LogP contribution in [0.3, 0.4) is 0 Å². The van der Waals surface area contributed by atoms with Crippen LogP contribution in [0.1, 0.15) is 5.56 Å². The van der Waals surface area contributed by atoms with Gasteiger partial charge in [0, 0.05) is 11.6 Å². The average Bonchev–Trinajstić information content (AvgIpc) is 2.13. The fourth-order valence-electron chi connectivity index (χ4n) is 0.851. The van der Waals surface area contributed by atoms with E-state index >= 15 is 0 Å². The molecule has 7 heteroatoms. The molecule has 0 aliphatic heterocycles. The van der Waals surface area contributed by atoms with Crippen LogP contribution in [0, 0.1) is 0 Å². The lowest BCUT2D eigenvalue weighted by atomic mass is 10.2. The van der Waals surface area contributed by atoms with E-state index in [9.17, 15) is 5.11 Å². The number of phenolic OH excluding ortho intramolecular Hbond substituents is 3. The van der Waals surface area contributed by atoms with Crippen molar-refractivity contribution in [3.8, 4) is 17.2 Å². The predicted molar refractivity (Wildman–Crippen MR) is 59.0 cm³/mol. The van der Waals surface area contributed by atoms with Gasteiger partial charge in [0.25, 0.3) is 0 Å². The minimum absolute atomic E-state index is 0.0197. The summed E-state index contributed by atoms with van der Waals surface area (Å²) in [4.78, 5) is 0. The van der Waals surface area contributed by atoms with E-state index in [0.29, 0.717) is 0 Å². The largest absolute Gasteiger partial charge is 0.507 e. The quantitative estimate of drug-likeness (QED) is 0.159. The molecule has 1 aromatic carbocycles. The number of nitrogens with two attached hydrogens (primary N) is 1. The second-order valence-corrected chi connectivity index (χ2v) is 3.07. The molecule has 0 bridgehead atoms. The number of hydrazone groups is 1. The first kappa shape index (κ1) is 11.1. The predicted octanol–water partition coefficient (Wildman–Crippen LogP) is -0.0295. The molecule has 0 fully saturated rings. The van der Waals surface area contributed by atoms with Crippen LogP contribution in [0.5, 0.6) is 17.2 Å². The fourth-order valence-corrected chi connectivity index (χ4v) is 0.903. The Morgan fingerprint density at radius 1 is 1.27 bits per heavy atom. The number of benzene rings is 1. The van der Waals surface area contributed by atoms with Crippen molar-refractivity contribution in [1.29, 1.82) is 0 Å². The summed E-state index contributed by atoms with van der Waals surface area (Å²) in [5.41, 5.74) is 7.60. The van der Waals surface area contributed by atoms with Crippen molar-refractivity contribution in [3.63, 3.8) is 0 Å². The van der Waals surface area contributed by atoms with Crippen molar-refractivity contribution in [1.82, 2.24) is 5.43 Å².